The molecule has 3 fully saturated rings. The lowest BCUT2D eigenvalue weighted by Crippen LogP contribution is -2.57. The maximum Gasteiger partial charge on any atom is 0.254 e. The van der Waals surface area contributed by atoms with Crippen LogP contribution >= 0.6 is 11.8 Å². The Balaban J connectivity index is 1.18. The SMILES string of the molecule is CSc1cc(C)[nH]c(=O)c1CNC(=O)c1c(C)n([C@H](C)C2CCC(N3CC(OC4CC4)C3)CC2)c2c(F)cccc12. The van der Waals surface area contributed by atoms with E-state index in [1.54, 1.807) is 6.07 Å². The number of halogens is 1. The van der Waals surface area contributed by atoms with Crippen LogP contribution in [0.25, 0.3) is 10.9 Å². The molecule has 220 valence electrons. The second kappa shape index (κ2) is 11.6. The third-order valence-corrected chi connectivity index (χ3v) is 10.3. The quantitative estimate of drug-likeness (QED) is 0.317. The van der Waals surface area contributed by atoms with Crippen LogP contribution in [0.15, 0.2) is 34.0 Å². The van der Waals surface area contributed by atoms with Gasteiger partial charge < -0.3 is 19.6 Å². The highest BCUT2D eigenvalue weighted by molar-refractivity contribution is 7.98. The Morgan fingerprint density at radius 3 is 2.56 bits per heavy atom. The van der Waals surface area contributed by atoms with Crippen LogP contribution < -0.4 is 10.9 Å². The molecular formula is C32H41FN4O3S. The van der Waals surface area contributed by atoms with Crippen molar-refractivity contribution in [2.75, 3.05) is 19.3 Å². The van der Waals surface area contributed by atoms with Crippen LogP contribution in [-0.2, 0) is 11.3 Å². The van der Waals surface area contributed by atoms with Gasteiger partial charge >= 0.3 is 0 Å². The summed E-state index contributed by atoms with van der Waals surface area (Å²) in [6.45, 7) is 8.15. The number of likely N-dealkylation sites (tertiary alicyclic amines) is 1. The Labute approximate surface area is 245 Å². The topological polar surface area (TPSA) is 79.4 Å². The highest BCUT2D eigenvalue weighted by Crippen LogP contribution is 2.40. The van der Waals surface area contributed by atoms with Crippen LogP contribution in [0.3, 0.4) is 0 Å². The predicted molar refractivity (Wildman–Crippen MR) is 161 cm³/mol. The smallest absolute Gasteiger partial charge is 0.254 e. The molecule has 41 heavy (non-hydrogen) atoms. The summed E-state index contributed by atoms with van der Waals surface area (Å²) in [5.74, 6) is -0.196. The zero-order chi connectivity index (χ0) is 28.8. The number of rotatable bonds is 9. The van der Waals surface area contributed by atoms with Crippen LogP contribution in [0.4, 0.5) is 4.39 Å². The fraction of sp³-hybridized carbons (Fsp3) is 0.562. The molecule has 1 aliphatic heterocycles. The summed E-state index contributed by atoms with van der Waals surface area (Å²) in [7, 11) is 0. The minimum Gasteiger partial charge on any atom is -0.372 e. The van der Waals surface area contributed by atoms with Gasteiger partial charge in [0.05, 0.1) is 23.3 Å². The lowest BCUT2D eigenvalue weighted by molar-refractivity contribution is -0.0864. The molecule has 7 nitrogen and oxygen atoms in total. The van der Waals surface area contributed by atoms with Gasteiger partial charge in [0, 0.05) is 59.0 Å². The van der Waals surface area contributed by atoms with Crippen LogP contribution in [0.2, 0.25) is 0 Å². The van der Waals surface area contributed by atoms with Crippen LogP contribution in [0.1, 0.15) is 78.8 Å². The summed E-state index contributed by atoms with van der Waals surface area (Å²) in [6.07, 6.45) is 9.74. The molecule has 2 saturated carbocycles. The Hall–Kier alpha value is -2.62. The van der Waals surface area contributed by atoms with Gasteiger partial charge in [-0.25, -0.2) is 4.39 Å². The highest BCUT2D eigenvalue weighted by Gasteiger charge is 2.39. The van der Waals surface area contributed by atoms with Gasteiger partial charge in [-0.15, -0.1) is 11.8 Å². The number of benzene rings is 1. The lowest BCUT2D eigenvalue weighted by Gasteiger charge is -2.47. The van der Waals surface area contributed by atoms with Gasteiger partial charge in [0.25, 0.3) is 11.5 Å². The zero-order valence-corrected chi connectivity index (χ0v) is 25.3. The van der Waals surface area contributed by atoms with Crippen molar-refractivity contribution in [3.05, 3.63) is 63.0 Å². The van der Waals surface area contributed by atoms with Gasteiger partial charge in [-0.2, -0.15) is 0 Å². The van der Waals surface area contributed by atoms with Gasteiger partial charge in [-0.1, -0.05) is 12.1 Å². The van der Waals surface area contributed by atoms with Crippen molar-refractivity contribution in [1.29, 1.82) is 0 Å². The number of hydrogen-bond donors (Lipinski definition) is 2. The maximum atomic E-state index is 15.4. The van der Waals surface area contributed by atoms with Crippen molar-refractivity contribution in [3.8, 4) is 0 Å². The van der Waals surface area contributed by atoms with Crippen molar-refractivity contribution in [3.63, 3.8) is 0 Å². The van der Waals surface area contributed by atoms with E-state index in [4.69, 9.17) is 4.74 Å². The summed E-state index contributed by atoms with van der Waals surface area (Å²) in [6, 6.07) is 7.55. The molecule has 3 aliphatic rings. The van der Waals surface area contributed by atoms with E-state index >= 15 is 4.39 Å². The summed E-state index contributed by atoms with van der Waals surface area (Å²) in [4.78, 5) is 32.5. The number of nitrogens with zero attached hydrogens (tertiary/aromatic N) is 2. The number of hydrogen-bond acceptors (Lipinski definition) is 5. The maximum absolute atomic E-state index is 15.4. The molecule has 3 heterocycles. The minimum atomic E-state index is -0.313. The molecule has 6 rings (SSSR count). The van der Waals surface area contributed by atoms with Gasteiger partial charge in [0.2, 0.25) is 0 Å². The number of pyridine rings is 1. The number of aromatic nitrogens is 2. The summed E-state index contributed by atoms with van der Waals surface area (Å²) in [5.41, 5.74) is 2.85. The number of aromatic amines is 1. The predicted octanol–water partition coefficient (Wildman–Crippen LogP) is 5.72. The number of thioether (sulfide) groups is 1. The largest absolute Gasteiger partial charge is 0.372 e. The third-order valence-electron chi connectivity index (χ3n) is 9.46. The van der Waals surface area contributed by atoms with E-state index in [0.29, 0.717) is 46.2 Å². The molecule has 3 aromatic rings. The van der Waals surface area contributed by atoms with E-state index in [9.17, 15) is 9.59 Å². The fourth-order valence-corrected chi connectivity index (χ4v) is 7.73. The first-order valence-electron chi connectivity index (χ1n) is 15.0. The Bertz CT molecular complexity index is 1500. The number of carbonyl (C=O) groups excluding carboxylic acids is 1. The minimum absolute atomic E-state index is 0.0577. The number of fused-ring (bicyclic) bond motifs is 1. The summed E-state index contributed by atoms with van der Waals surface area (Å²) < 4.78 is 23.5. The molecule has 0 radical (unpaired) electrons. The van der Waals surface area contributed by atoms with Crippen molar-refractivity contribution in [2.24, 2.45) is 5.92 Å². The van der Waals surface area contributed by atoms with Crippen LogP contribution in [-0.4, -0.2) is 58.0 Å². The second-order valence-electron chi connectivity index (χ2n) is 12.2. The van der Waals surface area contributed by atoms with E-state index in [2.05, 4.69) is 26.7 Å². The lowest BCUT2D eigenvalue weighted by atomic mass is 9.80. The molecule has 0 spiro atoms. The van der Waals surface area contributed by atoms with Gasteiger partial charge in [-0.05, 0) is 83.6 Å². The Morgan fingerprint density at radius 1 is 1.15 bits per heavy atom. The first-order chi connectivity index (χ1) is 19.7. The number of amides is 1. The third kappa shape index (κ3) is 5.60. The van der Waals surface area contributed by atoms with Crippen molar-refractivity contribution >= 4 is 28.6 Å². The fourth-order valence-electron chi connectivity index (χ4n) is 7.02. The molecule has 1 amide bonds. The first-order valence-corrected chi connectivity index (χ1v) is 16.2. The molecule has 2 N–H and O–H groups in total. The zero-order valence-electron chi connectivity index (χ0n) is 24.5. The van der Waals surface area contributed by atoms with Gasteiger partial charge in [-0.3, -0.25) is 14.5 Å². The molecule has 1 atom stereocenters. The first kappa shape index (κ1) is 28.5. The monoisotopic (exact) mass is 580 g/mol. The molecule has 9 heteroatoms. The molecule has 0 bridgehead atoms. The van der Waals surface area contributed by atoms with E-state index in [0.717, 1.165) is 55.1 Å². The van der Waals surface area contributed by atoms with Crippen molar-refractivity contribution in [1.82, 2.24) is 19.8 Å². The Morgan fingerprint density at radius 2 is 1.88 bits per heavy atom. The normalized spacial score (nSPS) is 22.6. The molecule has 2 aromatic heterocycles. The van der Waals surface area contributed by atoms with Gasteiger partial charge in [0.1, 0.15) is 5.82 Å². The highest BCUT2D eigenvalue weighted by atomic mass is 32.2. The number of carbonyl (C=O) groups is 1. The molecular weight excluding hydrogens is 539 g/mol. The summed E-state index contributed by atoms with van der Waals surface area (Å²) in [5, 5.41) is 3.58. The van der Waals surface area contributed by atoms with E-state index in [1.165, 1.54) is 30.7 Å². The van der Waals surface area contributed by atoms with Gasteiger partial charge in [0.15, 0.2) is 0 Å². The van der Waals surface area contributed by atoms with Crippen molar-refractivity contribution in [2.45, 2.75) is 95.0 Å². The molecule has 1 aromatic carbocycles. The molecule has 0 unspecified atom stereocenters. The van der Waals surface area contributed by atoms with Crippen molar-refractivity contribution < 1.29 is 13.9 Å². The van der Waals surface area contributed by atoms with Crippen LogP contribution in [0, 0.1) is 25.6 Å². The number of nitrogens with one attached hydrogen (secondary N) is 2. The number of para-hydroxylation sites is 1. The average molecular weight is 581 g/mol. The molecule has 1 saturated heterocycles. The molecule has 2 aliphatic carbocycles. The second-order valence-corrected chi connectivity index (χ2v) is 13.0. The summed E-state index contributed by atoms with van der Waals surface area (Å²) >= 11 is 1.48. The van der Waals surface area contributed by atoms with E-state index in [1.807, 2.05) is 32.2 Å². The van der Waals surface area contributed by atoms with E-state index in [-0.39, 0.29) is 29.9 Å². The standard InChI is InChI=1S/C32H41FN4O3S/c1-18-14-28(41-4)26(31(38)35-18)15-34-32(39)29-20(3)37(30-25(29)6-5-7-27(30)33)19(2)21-8-10-22(11-9-21)36-16-24(17-36)40-23-12-13-23/h5-7,14,19,21-24H,8-13,15-17H2,1-4H3,(H,34,39)(H,35,38)/t19-,21?,22?/m1/s1. The van der Waals surface area contributed by atoms with E-state index < -0.39 is 0 Å². The number of ether oxygens (including phenoxy) is 1. The number of aryl methyl sites for hydroxylation is 1. The Kier molecular flexibility index (Phi) is 8.04. The number of H-pyrrole nitrogens is 1. The average Bonchev–Trinajstić information content (AvgIpc) is 3.70. The van der Waals surface area contributed by atoms with Crippen LogP contribution in [0.5, 0.6) is 0 Å².